The number of nitrogens with zero attached hydrogens (tertiary/aromatic N) is 2. The summed E-state index contributed by atoms with van der Waals surface area (Å²) in [6, 6.07) is 6.39. The summed E-state index contributed by atoms with van der Waals surface area (Å²) in [5, 5.41) is 17.1. The first-order valence-corrected chi connectivity index (χ1v) is 3.83. The Hall–Kier alpha value is -1.60. The van der Waals surface area contributed by atoms with E-state index in [1.807, 2.05) is 0 Å². The highest BCUT2D eigenvalue weighted by Gasteiger charge is 2.14. The predicted molar refractivity (Wildman–Crippen MR) is 47.2 cm³/mol. The van der Waals surface area contributed by atoms with Gasteiger partial charge in [-0.25, -0.2) is 0 Å². The van der Waals surface area contributed by atoms with Crippen LogP contribution in [0.1, 0.15) is 18.4 Å². The molecule has 0 bridgehead atoms. The molecule has 4 nitrogen and oxygen atoms in total. The van der Waals surface area contributed by atoms with Crippen LogP contribution in [0.5, 0.6) is 0 Å². The summed E-state index contributed by atoms with van der Waals surface area (Å²) >= 11 is 0. The number of halogens is 1. The smallest absolute Gasteiger partial charge is 0.385 e. The summed E-state index contributed by atoms with van der Waals surface area (Å²) in [4.78, 5) is 13.5. The number of hydrogen-bond acceptors (Lipinski definition) is 2. The molecule has 0 amide bonds. The van der Waals surface area contributed by atoms with Crippen LogP contribution in [0.3, 0.4) is 0 Å². The van der Waals surface area contributed by atoms with E-state index in [0.29, 0.717) is 11.3 Å². The van der Waals surface area contributed by atoms with E-state index in [-0.39, 0.29) is 12.4 Å². The van der Waals surface area contributed by atoms with Crippen molar-refractivity contribution in [3.8, 4) is 0 Å². The predicted octanol–water partition coefficient (Wildman–Crippen LogP) is -0.637. The van der Waals surface area contributed by atoms with E-state index >= 15 is 0 Å². The highest BCUT2D eigenvalue weighted by atomic mass is 35.5. The number of rotatable bonds is 2. The van der Waals surface area contributed by atoms with Crippen molar-refractivity contribution in [1.82, 2.24) is 0 Å². The van der Waals surface area contributed by atoms with Gasteiger partial charge in [0.05, 0.1) is 5.92 Å². The SMILES string of the molecule is CC(C(=O)O)c1ccc([N+]#N)cc1.[Cl-]. The van der Waals surface area contributed by atoms with Crippen molar-refractivity contribution in [3.05, 3.63) is 34.8 Å². The number of hydrogen-bond donors (Lipinski definition) is 1. The van der Waals surface area contributed by atoms with E-state index in [0.717, 1.165) is 0 Å². The monoisotopic (exact) mass is 212 g/mol. The summed E-state index contributed by atoms with van der Waals surface area (Å²) < 4.78 is 0. The zero-order valence-corrected chi connectivity index (χ0v) is 8.27. The summed E-state index contributed by atoms with van der Waals surface area (Å²) in [5.74, 6) is -1.40. The first kappa shape index (κ1) is 12.4. The normalized spacial score (nSPS) is 10.9. The molecule has 1 N–H and O–H groups in total. The Labute approximate surface area is 87.6 Å². The largest absolute Gasteiger partial charge is 1.00 e. The van der Waals surface area contributed by atoms with Crippen molar-refractivity contribution in [2.45, 2.75) is 12.8 Å². The van der Waals surface area contributed by atoms with Gasteiger partial charge in [0.2, 0.25) is 5.39 Å². The van der Waals surface area contributed by atoms with Crippen LogP contribution in [0.4, 0.5) is 5.69 Å². The Morgan fingerprint density at radius 3 is 2.29 bits per heavy atom. The molecule has 0 spiro atoms. The topological polar surface area (TPSA) is 65.4 Å². The first-order chi connectivity index (χ1) is 6.15. The molecule has 0 saturated carbocycles. The highest BCUT2D eigenvalue weighted by molar-refractivity contribution is 5.75. The second kappa shape index (κ2) is 5.20. The van der Waals surface area contributed by atoms with Crippen molar-refractivity contribution < 1.29 is 22.3 Å². The standard InChI is InChI=1S/C9H8N2O2.ClH/c1-6(9(12)13)7-2-4-8(11-10)5-3-7;/h2-6H,1H3;1H. The van der Waals surface area contributed by atoms with Crippen molar-refractivity contribution in [2.24, 2.45) is 0 Å². The second-order valence-corrected chi connectivity index (χ2v) is 2.75. The van der Waals surface area contributed by atoms with Gasteiger partial charge in [0.15, 0.2) is 4.98 Å². The van der Waals surface area contributed by atoms with Crippen LogP contribution in [0.25, 0.3) is 4.98 Å². The third kappa shape index (κ3) is 2.71. The summed E-state index contributed by atoms with van der Waals surface area (Å²) in [6.45, 7) is 1.60. The van der Waals surface area contributed by atoms with Crippen LogP contribution < -0.4 is 12.4 Å². The number of aliphatic carboxylic acids is 1. The number of benzene rings is 1. The zero-order chi connectivity index (χ0) is 9.84. The van der Waals surface area contributed by atoms with Crippen molar-refractivity contribution in [3.63, 3.8) is 0 Å². The maximum absolute atomic E-state index is 10.6. The molecule has 1 unspecified atom stereocenters. The van der Waals surface area contributed by atoms with Crippen LogP contribution in [0, 0.1) is 5.39 Å². The van der Waals surface area contributed by atoms with Gasteiger partial charge in [-0.3, -0.25) is 4.79 Å². The molecule has 0 aromatic heterocycles. The molecule has 1 aromatic rings. The van der Waals surface area contributed by atoms with Gasteiger partial charge in [-0.15, -0.1) is 0 Å². The molecule has 74 valence electrons. The quantitative estimate of drug-likeness (QED) is 0.664. The van der Waals surface area contributed by atoms with E-state index < -0.39 is 11.9 Å². The third-order valence-corrected chi connectivity index (χ3v) is 1.88. The number of diazo groups is 1. The molecule has 0 aliphatic heterocycles. The second-order valence-electron chi connectivity index (χ2n) is 2.75. The molecular formula is C9H9ClN2O2. The van der Waals surface area contributed by atoms with Crippen LogP contribution in [-0.4, -0.2) is 11.1 Å². The third-order valence-electron chi connectivity index (χ3n) is 1.88. The lowest BCUT2D eigenvalue weighted by molar-refractivity contribution is -0.138. The summed E-state index contributed by atoms with van der Waals surface area (Å²) in [7, 11) is 0. The maximum Gasteiger partial charge on any atom is 0.385 e. The van der Waals surface area contributed by atoms with E-state index in [4.69, 9.17) is 10.5 Å². The molecule has 5 heteroatoms. The van der Waals surface area contributed by atoms with Crippen molar-refractivity contribution in [2.75, 3.05) is 0 Å². The lowest BCUT2D eigenvalue weighted by Crippen LogP contribution is -3.00. The van der Waals surface area contributed by atoms with Crippen LogP contribution >= 0.6 is 0 Å². The average Bonchev–Trinajstić information content (AvgIpc) is 2.17. The first-order valence-electron chi connectivity index (χ1n) is 3.83. The van der Waals surface area contributed by atoms with Crippen LogP contribution in [0.15, 0.2) is 24.3 Å². The molecule has 0 aliphatic rings. The molecule has 1 atom stereocenters. The van der Waals surface area contributed by atoms with Gasteiger partial charge < -0.3 is 17.5 Å². The molecule has 1 rings (SSSR count). The molecule has 0 saturated heterocycles. The molecule has 1 aromatic carbocycles. The summed E-state index contributed by atoms with van der Waals surface area (Å²) in [5.41, 5.74) is 1.11. The van der Waals surface area contributed by atoms with E-state index in [1.165, 1.54) is 0 Å². The van der Waals surface area contributed by atoms with Gasteiger partial charge in [0, 0.05) is 12.1 Å². The van der Waals surface area contributed by atoms with Gasteiger partial charge in [-0.2, -0.15) is 0 Å². The van der Waals surface area contributed by atoms with Gasteiger partial charge in [0.1, 0.15) is 0 Å². The molecule has 0 heterocycles. The van der Waals surface area contributed by atoms with E-state index in [1.54, 1.807) is 31.2 Å². The van der Waals surface area contributed by atoms with E-state index in [2.05, 4.69) is 4.98 Å². The highest BCUT2D eigenvalue weighted by Crippen LogP contribution is 2.19. The fourth-order valence-electron chi connectivity index (χ4n) is 0.972. The Bertz CT molecular complexity index is 356. The Kier molecular flexibility index (Phi) is 4.60. The fourth-order valence-corrected chi connectivity index (χ4v) is 0.972. The minimum absolute atomic E-state index is 0. The molecule has 14 heavy (non-hydrogen) atoms. The molecule has 0 fully saturated rings. The van der Waals surface area contributed by atoms with Crippen LogP contribution in [0.2, 0.25) is 0 Å². The summed E-state index contributed by atoms with van der Waals surface area (Å²) in [6.07, 6.45) is 0. The lowest BCUT2D eigenvalue weighted by atomic mass is 10.0. The minimum Gasteiger partial charge on any atom is -1.00 e. The van der Waals surface area contributed by atoms with Gasteiger partial charge >= 0.3 is 11.7 Å². The lowest BCUT2D eigenvalue weighted by Gasteiger charge is -2.03. The Morgan fingerprint density at radius 1 is 1.43 bits per heavy atom. The molecule has 0 radical (unpaired) electrons. The molecule has 0 aliphatic carbocycles. The van der Waals surface area contributed by atoms with Gasteiger partial charge in [0.25, 0.3) is 0 Å². The maximum atomic E-state index is 10.6. The van der Waals surface area contributed by atoms with E-state index in [9.17, 15) is 4.79 Å². The Balaban J connectivity index is 0.00000169. The minimum atomic E-state index is -0.867. The number of carboxylic acids is 1. The van der Waals surface area contributed by atoms with Crippen molar-refractivity contribution >= 4 is 11.7 Å². The van der Waals surface area contributed by atoms with Crippen LogP contribution in [-0.2, 0) is 4.79 Å². The van der Waals surface area contributed by atoms with Gasteiger partial charge in [-0.1, -0.05) is 12.1 Å². The zero-order valence-electron chi connectivity index (χ0n) is 7.51. The van der Waals surface area contributed by atoms with Gasteiger partial charge in [-0.05, 0) is 12.5 Å². The number of carbonyl (C=O) groups is 1. The molecular weight excluding hydrogens is 204 g/mol. The average molecular weight is 213 g/mol. The van der Waals surface area contributed by atoms with Crippen molar-refractivity contribution in [1.29, 1.82) is 5.39 Å². The Morgan fingerprint density at radius 2 is 1.93 bits per heavy atom. The fraction of sp³-hybridized carbons (Fsp3) is 0.222. The number of carboxylic acid groups (broad SMARTS) is 1.